The first-order chi connectivity index (χ1) is 9.51. The Hall–Kier alpha value is -1.70. The predicted molar refractivity (Wildman–Crippen MR) is 78.2 cm³/mol. The van der Waals surface area contributed by atoms with Gasteiger partial charge in [0.1, 0.15) is 5.69 Å². The second kappa shape index (κ2) is 7.78. The number of hydrogen-bond donors (Lipinski definition) is 3. The molecule has 0 bridgehead atoms. The van der Waals surface area contributed by atoms with E-state index in [1.165, 1.54) is 6.07 Å². The van der Waals surface area contributed by atoms with Gasteiger partial charge in [0.15, 0.2) is 0 Å². The van der Waals surface area contributed by atoms with Crippen molar-refractivity contribution in [2.45, 2.75) is 32.9 Å². The molecule has 20 heavy (non-hydrogen) atoms. The summed E-state index contributed by atoms with van der Waals surface area (Å²) in [5.41, 5.74) is 3.51. The van der Waals surface area contributed by atoms with Crippen molar-refractivity contribution in [3.63, 3.8) is 0 Å². The van der Waals surface area contributed by atoms with Crippen molar-refractivity contribution < 1.29 is 10.0 Å². The summed E-state index contributed by atoms with van der Waals surface area (Å²) in [6.07, 6.45) is 0.665. The van der Waals surface area contributed by atoms with Crippen LogP contribution in [0, 0.1) is 10.1 Å². The number of nitrogens with two attached hydrogens (primary N) is 1. The molecule has 7 heteroatoms. The number of nitrogens with one attached hydrogen (secondary N) is 1. The van der Waals surface area contributed by atoms with Gasteiger partial charge in [-0.3, -0.25) is 20.9 Å². The van der Waals surface area contributed by atoms with Crippen LogP contribution in [-0.4, -0.2) is 34.1 Å². The molecule has 0 heterocycles. The van der Waals surface area contributed by atoms with E-state index in [-0.39, 0.29) is 18.3 Å². The molecule has 0 amide bonds. The summed E-state index contributed by atoms with van der Waals surface area (Å²) in [4.78, 5) is 12.7. The highest BCUT2D eigenvalue weighted by atomic mass is 16.6. The molecule has 0 aliphatic heterocycles. The number of hydrogen-bond acceptors (Lipinski definition) is 6. The van der Waals surface area contributed by atoms with Crippen molar-refractivity contribution in [3.05, 3.63) is 33.9 Å². The number of rotatable bonds is 8. The van der Waals surface area contributed by atoms with Gasteiger partial charge in [-0.15, -0.1) is 0 Å². The Labute approximate surface area is 118 Å². The van der Waals surface area contributed by atoms with Crippen LogP contribution in [0.25, 0.3) is 0 Å². The molecule has 112 valence electrons. The van der Waals surface area contributed by atoms with Crippen LogP contribution in [0.2, 0.25) is 0 Å². The molecule has 0 aliphatic carbocycles. The van der Waals surface area contributed by atoms with Crippen molar-refractivity contribution >= 4 is 11.4 Å². The number of anilines is 1. The first kappa shape index (κ1) is 16.4. The van der Waals surface area contributed by atoms with Crippen LogP contribution in [0.5, 0.6) is 0 Å². The fourth-order valence-electron chi connectivity index (χ4n) is 2.05. The first-order valence-electron chi connectivity index (χ1n) is 6.59. The second-order valence-corrected chi connectivity index (χ2v) is 4.85. The lowest BCUT2D eigenvalue weighted by Gasteiger charge is -2.27. The molecule has 0 fully saturated rings. The van der Waals surface area contributed by atoms with Crippen LogP contribution < -0.4 is 11.3 Å². The summed E-state index contributed by atoms with van der Waals surface area (Å²) in [6.45, 7) is 5.48. The molecule has 0 saturated carbocycles. The lowest BCUT2D eigenvalue weighted by Crippen LogP contribution is -2.32. The minimum Gasteiger partial charge on any atom is -0.396 e. The highest BCUT2D eigenvalue weighted by molar-refractivity contribution is 5.65. The molecular formula is C13H22N4O3. The minimum absolute atomic E-state index is 0.0316. The Kier molecular flexibility index (Phi) is 6.37. The summed E-state index contributed by atoms with van der Waals surface area (Å²) < 4.78 is 0. The minimum atomic E-state index is -0.452. The van der Waals surface area contributed by atoms with Crippen molar-refractivity contribution in [2.75, 3.05) is 18.6 Å². The van der Waals surface area contributed by atoms with Crippen LogP contribution in [0.1, 0.15) is 25.8 Å². The van der Waals surface area contributed by atoms with Gasteiger partial charge in [0.25, 0.3) is 5.69 Å². The first-order valence-corrected chi connectivity index (χ1v) is 6.59. The van der Waals surface area contributed by atoms with Gasteiger partial charge in [0.2, 0.25) is 0 Å². The molecule has 0 spiro atoms. The van der Waals surface area contributed by atoms with E-state index in [0.29, 0.717) is 18.7 Å². The van der Waals surface area contributed by atoms with Gasteiger partial charge in [-0.1, -0.05) is 12.1 Å². The lowest BCUT2D eigenvalue weighted by molar-refractivity contribution is -0.384. The number of aliphatic hydroxyl groups is 1. The topological polar surface area (TPSA) is 105 Å². The zero-order chi connectivity index (χ0) is 15.1. The SMILES string of the molecule is CC(C)N(CCCO)Cc1cccc([N+](=O)[O-])c1NN. The van der Waals surface area contributed by atoms with E-state index in [9.17, 15) is 10.1 Å². The van der Waals surface area contributed by atoms with Gasteiger partial charge in [-0.2, -0.15) is 0 Å². The highest BCUT2D eigenvalue weighted by Gasteiger charge is 2.19. The van der Waals surface area contributed by atoms with Gasteiger partial charge in [-0.25, -0.2) is 0 Å². The standard InChI is InChI=1S/C13H22N4O3/c1-10(2)16(7-4-8-18)9-11-5-3-6-12(17(19)20)13(11)15-14/h3,5-6,10,15,18H,4,7-9,14H2,1-2H3. The van der Waals surface area contributed by atoms with E-state index in [2.05, 4.69) is 10.3 Å². The molecule has 0 aliphatic rings. The lowest BCUT2D eigenvalue weighted by atomic mass is 10.1. The van der Waals surface area contributed by atoms with Gasteiger partial charge >= 0.3 is 0 Å². The zero-order valence-electron chi connectivity index (χ0n) is 11.9. The molecule has 0 saturated heterocycles. The molecule has 0 aromatic heterocycles. The van der Waals surface area contributed by atoms with E-state index in [1.807, 2.05) is 19.9 Å². The summed E-state index contributed by atoms with van der Waals surface area (Å²) in [5.74, 6) is 5.43. The maximum Gasteiger partial charge on any atom is 0.293 e. The molecule has 0 radical (unpaired) electrons. The van der Waals surface area contributed by atoms with E-state index in [4.69, 9.17) is 10.9 Å². The average Bonchev–Trinajstić information content (AvgIpc) is 2.42. The third kappa shape index (κ3) is 4.16. The molecule has 4 N–H and O–H groups in total. The summed E-state index contributed by atoms with van der Waals surface area (Å²) in [5, 5.41) is 19.9. The maximum atomic E-state index is 11.0. The molecule has 1 rings (SSSR count). The predicted octanol–water partition coefficient (Wildman–Crippen LogP) is 1.47. The monoisotopic (exact) mass is 282 g/mol. The molecule has 0 atom stereocenters. The van der Waals surface area contributed by atoms with Gasteiger partial charge < -0.3 is 10.5 Å². The quantitative estimate of drug-likeness (QED) is 0.379. The summed E-state index contributed by atoms with van der Waals surface area (Å²) in [6, 6.07) is 5.16. The number of benzene rings is 1. The Balaban J connectivity index is 3.00. The summed E-state index contributed by atoms with van der Waals surface area (Å²) >= 11 is 0. The van der Waals surface area contributed by atoms with E-state index in [1.54, 1.807) is 6.07 Å². The van der Waals surface area contributed by atoms with Gasteiger partial charge in [0, 0.05) is 31.8 Å². The van der Waals surface area contributed by atoms with E-state index < -0.39 is 4.92 Å². The van der Waals surface area contributed by atoms with Crippen LogP contribution >= 0.6 is 0 Å². The number of para-hydroxylation sites is 1. The van der Waals surface area contributed by atoms with Gasteiger partial charge in [0.05, 0.1) is 4.92 Å². The third-order valence-corrected chi connectivity index (χ3v) is 3.18. The van der Waals surface area contributed by atoms with E-state index >= 15 is 0 Å². The zero-order valence-corrected chi connectivity index (χ0v) is 11.9. The van der Waals surface area contributed by atoms with E-state index in [0.717, 1.165) is 12.1 Å². The Bertz CT molecular complexity index is 451. The number of nitrogens with zero attached hydrogens (tertiary/aromatic N) is 2. The summed E-state index contributed by atoms with van der Waals surface area (Å²) in [7, 11) is 0. The maximum absolute atomic E-state index is 11.0. The largest absolute Gasteiger partial charge is 0.396 e. The normalized spacial score (nSPS) is 11.1. The molecular weight excluding hydrogens is 260 g/mol. The number of nitro benzene ring substituents is 1. The van der Waals surface area contributed by atoms with Crippen LogP contribution in [0.3, 0.4) is 0 Å². The molecule has 0 unspecified atom stereocenters. The van der Waals surface area contributed by atoms with Crippen molar-refractivity contribution in [1.29, 1.82) is 0 Å². The van der Waals surface area contributed by atoms with Crippen molar-refractivity contribution in [1.82, 2.24) is 4.90 Å². The van der Waals surface area contributed by atoms with Crippen LogP contribution in [-0.2, 0) is 6.54 Å². The number of hydrazine groups is 1. The van der Waals surface area contributed by atoms with Crippen LogP contribution in [0.15, 0.2) is 18.2 Å². The Morgan fingerprint density at radius 1 is 1.50 bits per heavy atom. The molecule has 1 aromatic rings. The molecule has 1 aromatic carbocycles. The number of nitrogen functional groups attached to an aromatic ring is 1. The number of aliphatic hydroxyl groups excluding tert-OH is 1. The number of nitro groups is 1. The van der Waals surface area contributed by atoms with Gasteiger partial charge in [-0.05, 0) is 25.8 Å². The van der Waals surface area contributed by atoms with Crippen LogP contribution in [0.4, 0.5) is 11.4 Å². The second-order valence-electron chi connectivity index (χ2n) is 4.85. The fourth-order valence-corrected chi connectivity index (χ4v) is 2.05. The fraction of sp³-hybridized carbons (Fsp3) is 0.538. The smallest absolute Gasteiger partial charge is 0.293 e. The third-order valence-electron chi connectivity index (χ3n) is 3.18. The Morgan fingerprint density at radius 2 is 2.20 bits per heavy atom. The average molecular weight is 282 g/mol. The van der Waals surface area contributed by atoms with Crippen molar-refractivity contribution in [2.24, 2.45) is 5.84 Å². The molecule has 7 nitrogen and oxygen atoms in total. The van der Waals surface area contributed by atoms with Crippen molar-refractivity contribution in [3.8, 4) is 0 Å². The highest BCUT2D eigenvalue weighted by Crippen LogP contribution is 2.28. The Morgan fingerprint density at radius 3 is 2.70 bits per heavy atom.